The van der Waals surface area contributed by atoms with Crippen LogP contribution in [-0.4, -0.2) is 98.9 Å². The summed E-state index contributed by atoms with van der Waals surface area (Å²) >= 11 is 1.47. The van der Waals surface area contributed by atoms with E-state index in [0.29, 0.717) is 37.3 Å². The van der Waals surface area contributed by atoms with Gasteiger partial charge < -0.3 is 29.1 Å². The van der Waals surface area contributed by atoms with Crippen molar-refractivity contribution in [3.63, 3.8) is 0 Å². The number of aliphatic hydroxyl groups is 1. The smallest absolute Gasteiger partial charge is 0.410 e. The number of aromatic nitrogens is 2. The van der Waals surface area contributed by atoms with E-state index in [-0.39, 0.29) is 55.2 Å². The van der Waals surface area contributed by atoms with E-state index in [4.69, 9.17) is 19.3 Å². The molecule has 6 atom stereocenters. The summed E-state index contributed by atoms with van der Waals surface area (Å²) in [4.78, 5) is 56.4. The molecule has 1 aromatic heterocycles. The molecule has 1 N–H and O–H groups in total. The lowest BCUT2D eigenvalue weighted by atomic mass is 9.75. The number of rotatable bonds is 16. The molecule has 3 aliphatic heterocycles. The van der Waals surface area contributed by atoms with Crippen molar-refractivity contribution in [3.05, 3.63) is 66.5 Å². The molecule has 0 bridgehead atoms. The molecule has 0 spiro atoms. The van der Waals surface area contributed by atoms with Gasteiger partial charge in [0, 0.05) is 48.0 Å². The van der Waals surface area contributed by atoms with E-state index >= 15 is 0 Å². The van der Waals surface area contributed by atoms with Crippen LogP contribution in [0.15, 0.2) is 61.0 Å². The third-order valence-electron chi connectivity index (χ3n) is 8.30. The van der Waals surface area contributed by atoms with Crippen molar-refractivity contribution in [2.75, 3.05) is 33.0 Å². The highest BCUT2D eigenvalue weighted by atomic mass is 32.2. The molecule has 0 radical (unpaired) electrons. The van der Waals surface area contributed by atoms with Crippen LogP contribution >= 0.6 is 11.8 Å². The number of thioether (sulfide) groups is 1. The van der Waals surface area contributed by atoms with Crippen LogP contribution in [0.2, 0.25) is 0 Å². The molecule has 0 saturated carbocycles. The van der Waals surface area contributed by atoms with Gasteiger partial charge in [-0.25, -0.2) is 9.59 Å². The maximum absolute atomic E-state index is 13.5. The number of β-lactam (4-membered cyclic amide) rings is 1. The molecule has 2 fully saturated rings. The van der Waals surface area contributed by atoms with Gasteiger partial charge in [-0.1, -0.05) is 51.8 Å². The lowest BCUT2D eigenvalue weighted by Gasteiger charge is -2.47. The normalized spacial score (nSPS) is 24.5. The Morgan fingerprint density at radius 2 is 1.82 bits per heavy atom. The molecule has 4 rings (SSSR count). The Morgan fingerprint density at radius 1 is 1.13 bits per heavy atom. The van der Waals surface area contributed by atoms with Gasteiger partial charge in [0.2, 0.25) is 5.91 Å². The van der Waals surface area contributed by atoms with Gasteiger partial charge >= 0.3 is 18.0 Å². The zero-order chi connectivity index (χ0) is 32.7. The number of amides is 2. The number of ether oxygens (including phenoxy) is 3. The van der Waals surface area contributed by atoms with Gasteiger partial charge in [-0.2, -0.15) is 5.10 Å². The summed E-state index contributed by atoms with van der Waals surface area (Å²) in [5.74, 6) is -3.07. The van der Waals surface area contributed by atoms with Crippen molar-refractivity contribution in [1.29, 1.82) is 0 Å². The molecule has 0 aromatic carbocycles. The average molecular weight is 643 g/mol. The van der Waals surface area contributed by atoms with E-state index in [2.05, 4.69) is 24.8 Å². The SMILES string of the molecule is C=CCOC(=O)C1=C(S[C@H]2C[C@@H](Cc3cnn(CCCO)c3)N(C(=O)OCC=C)C2)[C@H](C)[C@@H]2[C@H]([C@@H](C)C(=O)OCC=C)C(=O)N12. The Morgan fingerprint density at radius 3 is 2.51 bits per heavy atom. The molecular formula is C32H42N4O8S. The van der Waals surface area contributed by atoms with Crippen LogP contribution in [0.3, 0.4) is 0 Å². The highest BCUT2D eigenvalue weighted by molar-refractivity contribution is 8.03. The lowest BCUT2D eigenvalue weighted by molar-refractivity contribution is -0.168. The zero-order valence-corrected chi connectivity index (χ0v) is 26.7. The van der Waals surface area contributed by atoms with Crippen molar-refractivity contribution < 1.29 is 38.5 Å². The Balaban J connectivity index is 1.57. The number of carbonyl (C=O) groups excluding carboxylic acids is 4. The number of nitrogens with zero attached hydrogens (tertiary/aromatic N) is 4. The number of carbonyl (C=O) groups is 4. The molecule has 2 amide bonds. The van der Waals surface area contributed by atoms with E-state index in [9.17, 15) is 19.2 Å². The van der Waals surface area contributed by atoms with Gasteiger partial charge in [-0.3, -0.25) is 14.3 Å². The first kappa shape index (κ1) is 34.0. The minimum Gasteiger partial charge on any atom is -0.461 e. The third-order valence-corrected chi connectivity index (χ3v) is 9.79. The number of hydrogen-bond acceptors (Lipinski definition) is 10. The summed E-state index contributed by atoms with van der Waals surface area (Å²) < 4.78 is 17.8. The molecule has 244 valence electrons. The Hall–Kier alpha value is -3.84. The highest BCUT2D eigenvalue weighted by Gasteiger charge is 2.61. The largest absolute Gasteiger partial charge is 0.461 e. The summed E-state index contributed by atoms with van der Waals surface area (Å²) in [6, 6.07) is -0.608. The maximum atomic E-state index is 13.5. The summed E-state index contributed by atoms with van der Waals surface area (Å²) in [6.07, 6.45) is 9.39. The van der Waals surface area contributed by atoms with Crippen LogP contribution in [0.4, 0.5) is 4.79 Å². The van der Waals surface area contributed by atoms with Crippen molar-refractivity contribution in [2.45, 2.75) is 57.0 Å². The molecule has 3 aliphatic rings. The van der Waals surface area contributed by atoms with Gasteiger partial charge in [-0.15, -0.1) is 11.8 Å². The summed E-state index contributed by atoms with van der Waals surface area (Å²) in [5.41, 5.74) is 1.13. The van der Waals surface area contributed by atoms with Crippen molar-refractivity contribution in [1.82, 2.24) is 19.6 Å². The van der Waals surface area contributed by atoms with Crippen LogP contribution in [0.5, 0.6) is 0 Å². The average Bonchev–Trinajstić information content (AvgIpc) is 3.71. The fourth-order valence-corrected chi connectivity index (χ4v) is 7.78. The lowest BCUT2D eigenvalue weighted by Crippen LogP contribution is -2.63. The maximum Gasteiger partial charge on any atom is 0.410 e. The predicted molar refractivity (Wildman–Crippen MR) is 167 cm³/mol. The second-order valence-electron chi connectivity index (χ2n) is 11.4. The number of hydrogen-bond donors (Lipinski definition) is 1. The second kappa shape index (κ2) is 15.4. The Labute approximate surface area is 267 Å². The van der Waals surface area contributed by atoms with Crippen LogP contribution in [0.1, 0.15) is 32.3 Å². The van der Waals surface area contributed by atoms with Gasteiger partial charge in [-0.05, 0) is 24.8 Å². The molecule has 45 heavy (non-hydrogen) atoms. The Bertz CT molecular complexity index is 1340. The standard InChI is InChI=1S/C32H42N4O8S/c1-6-12-42-30(39)20(4)25-26-21(5)28(27(36(26)29(25)38)31(40)43-13-7-2)45-24-16-23(35(19-24)32(41)44-14-8-3)15-22-17-33-34(18-22)10-9-11-37/h6-8,17-18,20-21,23-26,37H,1-3,9-16,19H2,4-5H3/t20-,21-,23-,24+,25+,26-/m1/s1. The number of esters is 2. The summed E-state index contributed by atoms with van der Waals surface area (Å²) in [7, 11) is 0. The van der Waals surface area contributed by atoms with E-state index < -0.39 is 35.9 Å². The zero-order valence-electron chi connectivity index (χ0n) is 25.8. The monoisotopic (exact) mass is 642 g/mol. The number of aryl methyl sites for hydroxylation is 1. The van der Waals surface area contributed by atoms with Gasteiger partial charge in [0.1, 0.15) is 25.5 Å². The molecule has 12 nitrogen and oxygen atoms in total. The van der Waals surface area contributed by atoms with E-state index in [0.717, 1.165) is 5.56 Å². The van der Waals surface area contributed by atoms with Crippen molar-refractivity contribution in [3.8, 4) is 0 Å². The van der Waals surface area contributed by atoms with E-state index in [1.165, 1.54) is 34.9 Å². The quantitative estimate of drug-likeness (QED) is 0.124. The van der Waals surface area contributed by atoms with Gasteiger partial charge in [0.15, 0.2) is 0 Å². The first-order valence-electron chi connectivity index (χ1n) is 15.1. The summed E-state index contributed by atoms with van der Waals surface area (Å²) in [6.45, 7) is 15.5. The van der Waals surface area contributed by atoms with Crippen LogP contribution in [0, 0.1) is 17.8 Å². The van der Waals surface area contributed by atoms with Crippen molar-refractivity contribution >= 4 is 35.7 Å². The fraction of sp³-hybridized carbons (Fsp3) is 0.531. The first-order chi connectivity index (χ1) is 21.7. The topological polar surface area (TPSA) is 141 Å². The minimum absolute atomic E-state index is 0.0184. The minimum atomic E-state index is -0.708. The molecule has 0 unspecified atom stereocenters. The number of likely N-dealkylation sites (tertiary alicyclic amines) is 1. The molecule has 4 heterocycles. The molecule has 2 saturated heterocycles. The first-order valence-corrected chi connectivity index (χ1v) is 16.0. The van der Waals surface area contributed by atoms with Crippen LogP contribution < -0.4 is 0 Å². The highest BCUT2D eigenvalue weighted by Crippen LogP contribution is 2.53. The fourth-order valence-electron chi connectivity index (χ4n) is 6.22. The van der Waals surface area contributed by atoms with Gasteiger partial charge in [0.25, 0.3) is 0 Å². The molecular weight excluding hydrogens is 600 g/mol. The number of fused-ring (bicyclic) bond motifs is 1. The predicted octanol–water partition coefficient (Wildman–Crippen LogP) is 3.09. The van der Waals surface area contributed by atoms with Gasteiger partial charge in [0.05, 0.1) is 24.1 Å². The van der Waals surface area contributed by atoms with E-state index in [1.54, 1.807) is 22.7 Å². The van der Waals surface area contributed by atoms with Crippen molar-refractivity contribution in [2.24, 2.45) is 17.8 Å². The van der Waals surface area contributed by atoms with E-state index in [1.807, 2.05) is 13.1 Å². The third kappa shape index (κ3) is 7.36. The molecule has 13 heteroatoms. The summed E-state index contributed by atoms with van der Waals surface area (Å²) in [5, 5.41) is 13.4. The molecule has 0 aliphatic carbocycles. The van der Waals surface area contributed by atoms with Crippen LogP contribution in [0.25, 0.3) is 0 Å². The molecule has 1 aromatic rings. The van der Waals surface area contributed by atoms with Crippen LogP contribution in [-0.2, 0) is 41.6 Å². The second-order valence-corrected chi connectivity index (χ2v) is 12.7. The Kier molecular flexibility index (Phi) is 11.7. The number of aliphatic hydroxyl groups excluding tert-OH is 1.